The molecule has 0 radical (unpaired) electrons. The van der Waals surface area contributed by atoms with Gasteiger partial charge in [0.15, 0.2) is 0 Å². The standard InChI is InChI=1S/C14H20N2O2/c1-4-11(17-3)14(16-15)13-8-10-7-9(2)5-6-12(10)18-13/h5-8,11,14,16H,4,15H2,1-3H3. The third-order valence-corrected chi connectivity index (χ3v) is 3.25. The zero-order valence-corrected chi connectivity index (χ0v) is 11.1. The molecular formula is C14H20N2O2. The quantitative estimate of drug-likeness (QED) is 0.631. The lowest BCUT2D eigenvalue weighted by Crippen LogP contribution is -2.37. The summed E-state index contributed by atoms with van der Waals surface area (Å²) >= 11 is 0. The summed E-state index contributed by atoms with van der Waals surface area (Å²) in [6.45, 7) is 4.13. The SMILES string of the molecule is CCC(OC)C(NN)c1cc2cc(C)ccc2o1. The molecule has 98 valence electrons. The molecule has 0 saturated heterocycles. The molecule has 3 N–H and O–H groups in total. The van der Waals surface area contributed by atoms with Crippen LogP contribution in [0.4, 0.5) is 0 Å². The van der Waals surface area contributed by atoms with E-state index in [9.17, 15) is 0 Å². The van der Waals surface area contributed by atoms with E-state index in [4.69, 9.17) is 15.0 Å². The van der Waals surface area contributed by atoms with Gasteiger partial charge in [0, 0.05) is 12.5 Å². The number of rotatable bonds is 5. The molecule has 0 amide bonds. The molecule has 4 heteroatoms. The number of hydrogen-bond acceptors (Lipinski definition) is 4. The average molecular weight is 248 g/mol. The summed E-state index contributed by atoms with van der Waals surface area (Å²) in [5.41, 5.74) is 4.87. The molecule has 2 rings (SSSR count). The zero-order valence-electron chi connectivity index (χ0n) is 11.1. The van der Waals surface area contributed by atoms with Crippen LogP contribution in [0.1, 0.15) is 30.7 Å². The van der Waals surface area contributed by atoms with Crippen LogP contribution in [0.2, 0.25) is 0 Å². The van der Waals surface area contributed by atoms with E-state index < -0.39 is 0 Å². The molecular weight excluding hydrogens is 228 g/mol. The van der Waals surface area contributed by atoms with E-state index in [0.717, 1.165) is 23.2 Å². The Labute approximate surface area is 107 Å². The van der Waals surface area contributed by atoms with Gasteiger partial charge in [-0.3, -0.25) is 5.84 Å². The number of ether oxygens (including phenoxy) is 1. The number of nitrogens with one attached hydrogen (secondary N) is 1. The minimum atomic E-state index is -0.132. The van der Waals surface area contributed by atoms with Crippen LogP contribution in [0.5, 0.6) is 0 Å². The first-order valence-electron chi connectivity index (χ1n) is 6.18. The first-order chi connectivity index (χ1) is 8.69. The van der Waals surface area contributed by atoms with Crippen LogP contribution in [-0.4, -0.2) is 13.2 Å². The van der Waals surface area contributed by atoms with Gasteiger partial charge in [-0.15, -0.1) is 0 Å². The molecule has 2 aromatic rings. The number of benzene rings is 1. The third-order valence-electron chi connectivity index (χ3n) is 3.25. The van der Waals surface area contributed by atoms with Gasteiger partial charge in [-0.05, 0) is 31.5 Å². The maximum atomic E-state index is 5.84. The Morgan fingerprint density at radius 1 is 1.39 bits per heavy atom. The van der Waals surface area contributed by atoms with Crippen LogP contribution in [0.3, 0.4) is 0 Å². The van der Waals surface area contributed by atoms with Gasteiger partial charge in [0.2, 0.25) is 0 Å². The summed E-state index contributed by atoms with van der Waals surface area (Å²) in [5, 5.41) is 1.09. The Balaban J connectivity index is 2.39. The molecule has 2 unspecified atom stereocenters. The summed E-state index contributed by atoms with van der Waals surface area (Å²) in [6.07, 6.45) is 0.859. The zero-order chi connectivity index (χ0) is 13.1. The Bertz CT molecular complexity index is 517. The summed E-state index contributed by atoms with van der Waals surface area (Å²) in [6, 6.07) is 8.01. The molecule has 0 aliphatic heterocycles. The fourth-order valence-corrected chi connectivity index (χ4v) is 2.25. The lowest BCUT2D eigenvalue weighted by molar-refractivity contribution is 0.0585. The van der Waals surface area contributed by atoms with Gasteiger partial charge in [0.05, 0.1) is 6.10 Å². The van der Waals surface area contributed by atoms with Gasteiger partial charge in [0.1, 0.15) is 17.4 Å². The number of fused-ring (bicyclic) bond motifs is 1. The van der Waals surface area contributed by atoms with Crippen molar-refractivity contribution in [1.82, 2.24) is 5.43 Å². The molecule has 18 heavy (non-hydrogen) atoms. The highest BCUT2D eigenvalue weighted by atomic mass is 16.5. The first kappa shape index (κ1) is 13.1. The molecule has 0 bridgehead atoms. The third kappa shape index (κ3) is 2.41. The molecule has 2 atom stereocenters. The van der Waals surface area contributed by atoms with Gasteiger partial charge in [0.25, 0.3) is 0 Å². The molecule has 0 fully saturated rings. The van der Waals surface area contributed by atoms with Crippen LogP contribution in [0.25, 0.3) is 11.0 Å². The van der Waals surface area contributed by atoms with Gasteiger partial charge in [-0.25, -0.2) is 5.43 Å². The fourth-order valence-electron chi connectivity index (χ4n) is 2.25. The van der Waals surface area contributed by atoms with E-state index in [1.54, 1.807) is 7.11 Å². The average Bonchev–Trinajstić information content (AvgIpc) is 2.78. The molecule has 1 aromatic heterocycles. The molecule has 0 aliphatic rings. The minimum Gasteiger partial charge on any atom is -0.459 e. The molecule has 0 spiro atoms. The number of aryl methyl sites for hydroxylation is 1. The summed E-state index contributed by atoms with van der Waals surface area (Å²) in [7, 11) is 1.69. The number of methoxy groups -OCH3 is 1. The lowest BCUT2D eigenvalue weighted by atomic mass is 10.1. The van der Waals surface area contributed by atoms with E-state index in [1.807, 2.05) is 18.2 Å². The van der Waals surface area contributed by atoms with Crippen molar-refractivity contribution in [2.24, 2.45) is 5.84 Å². The Morgan fingerprint density at radius 2 is 2.17 bits per heavy atom. The second kappa shape index (κ2) is 5.52. The van der Waals surface area contributed by atoms with E-state index in [2.05, 4.69) is 25.3 Å². The molecule has 0 saturated carbocycles. The Hall–Kier alpha value is -1.36. The van der Waals surface area contributed by atoms with E-state index >= 15 is 0 Å². The molecule has 1 aromatic carbocycles. The van der Waals surface area contributed by atoms with Gasteiger partial charge in [-0.1, -0.05) is 18.6 Å². The topological polar surface area (TPSA) is 60.4 Å². The highest BCUT2D eigenvalue weighted by Gasteiger charge is 2.23. The fraction of sp³-hybridized carbons (Fsp3) is 0.429. The Kier molecular flexibility index (Phi) is 4.01. The molecule has 1 heterocycles. The predicted molar refractivity (Wildman–Crippen MR) is 72.1 cm³/mol. The number of furan rings is 1. The van der Waals surface area contributed by atoms with Crippen molar-refractivity contribution in [3.8, 4) is 0 Å². The second-order valence-corrected chi connectivity index (χ2v) is 4.52. The summed E-state index contributed by atoms with van der Waals surface area (Å²) in [4.78, 5) is 0. The number of nitrogens with two attached hydrogens (primary N) is 1. The number of hydrogen-bond donors (Lipinski definition) is 2. The first-order valence-corrected chi connectivity index (χ1v) is 6.18. The monoisotopic (exact) mass is 248 g/mol. The van der Waals surface area contributed by atoms with Gasteiger partial charge < -0.3 is 9.15 Å². The highest BCUT2D eigenvalue weighted by Crippen LogP contribution is 2.28. The maximum Gasteiger partial charge on any atom is 0.134 e. The molecule has 4 nitrogen and oxygen atoms in total. The van der Waals surface area contributed by atoms with Crippen molar-refractivity contribution in [2.45, 2.75) is 32.4 Å². The largest absolute Gasteiger partial charge is 0.459 e. The van der Waals surface area contributed by atoms with Crippen molar-refractivity contribution < 1.29 is 9.15 Å². The van der Waals surface area contributed by atoms with Gasteiger partial charge in [-0.2, -0.15) is 0 Å². The molecule has 0 aliphatic carbocycles. The predicted octanol–water partition coefficient (Wildman–Crippen LogP) is 2.67. The van der Waals surface area contributed by atoms with Crippen molar-refractivity contribution in [1.29, 1.82) is 0 Å². The van der Waals surface area contributed by atoms with Crippen LogP contribution in [0.15, 0.2) is 28.7 Å². The summed E-state index contributed by atoms with van der Waals surface area (Å²) in [5.74, 6) is 6.43. The van der Waals surface area contributed by atoms with Crippen LogP contribution < -0.4 is 11.3 Å². The lowest BCUT2D eigenvalue weighted by Gasteiger charge is -2.22. The smallest absolute Gasteiger partial charge is 0.134 e. The summed E-state index contributed by atoms with van der Waals surface area (Å²) < 4.78 is 11.3. The van der Waals surface area contributed by atoms with Crippen molar-refractivity contribution in [3.63, 3.8) is 0 Å². The Morgan fingerprint density at radius 3 is 2.78 bits per heavy atom. The van der Waals surface area contributed by atoms with Crippen molar-refractivity contribution in [2.75, 3.05) is 7.11 Å². The van der Waals surface area contributed by atoms with Crippen LogP contribution in [-0.2, 0) is 4.74 Å². The van der Waals surface area contributed by atoms with Crippen molar-refractivity contribution >= 4 is 11.0 Å². The maximum absolute atomic E-state index is 5.84. The normalized spacial score (nSPS) is 14.9. The van der Waals surface area contributed by atoms with Crippen molar-refractivity contribution in [3.05, 3.63) is 35.6 Å². The van der Waals surface area contributed by atoms with E-state index in [-0.39, 0.29) is 12.1 Å². The van der Waals surface area contributed by atoms with Crippen LogP contribution >= 0.6 is 0 Å². The van der Waals surface area contributed by atoms with Crippen LogP contribution in [0, 0.1) is 6.92 Å². The van der Waals surface area contributed by atoms with E-state index in [1.165, 1.54) is 5.56 Å². The second-order valence-electron chi connectivity index (χ2n) is 4.52. The van der Waals surface area contributed by atoms with Gasteiger partial charge >= 0.3 is 0 Å². The number of hydrazine groups is 1. The minimum absolute atomic E-state index is 0.00309. The van der Waals surface area contributed by atoms with E-state index in [0.29, 0.717) is 0 Å². The highest BCUT2D eigenvalue weighted by molar-refractivity contribution is 5.78.